The Balaban J connectivity index is 1.67. The number of benzene rings is 2. The van der Waals surface area contributed by atoms with Gasteiger partial charge in [-0.3, -0.25) is 9.69 Å². The Morgan fingerprint density at radius 1 is 1.19 bits per heavy atom. The van der Waals surface area contributed by atoms with Gasteiger partial charge in [0.25, 0.3) is 0 Å². The van der Waals surface area contributed by atoms with Gasteiger partial charge in [-0.15, -0.1) is 0 Å². The van der Waals surface area contributed by atoms with E-state index in [9.17, 15) is 9.18 Å². The molecule has 1 heterocycles. The second-order valence-electron chi connectivity index (χ2n) is 6.61. The molecule has 1 saturated heterocycles. The summed E-state index contributed by atoms with van der Waals surface area (Å²) in [5, 5.41) is 2.98. The van der Waals surface area contributed by atoms with E-state index in [2.05, 4.69) is 16.3 Å². The summed E-state index contributed by atoms with van der Waals surface area (Å²) in [5.41, 5.74) is 1.54. The number of carbonyl (C=O) groups is 1. The maximum absolute atomic E-state index is 13.7. The summed E-state index contributed by atoms with van der Waals surface area (Å²) >= 11 is 0. The molecule has 1 aliphatic rings. The third-order valence-corrected chi connectivity index (χ3v) is 4.86. The molecule has 0 radical (unpaired) electrons. The Bertz CT molecular complexity index is 744. The molecule has 1 unspecified atom stereocenters. The Labute approximate surface area is 154 Å². The van der Waals surface area contributed by atoms with Crippen molar-refractivity contribution in [3.05, 3.63) is 65.5 Å². The van der Waals surface area contributed by atoms with E-state index in [-0.39, 0.29) is 24.2 Å². The normalized spacial score (nSPS) is 15.6. The van der Waals surface area contributed by atoms with E-state index in [1.165, 1.54) is 18.9 Å². The van der Waals surface area contributed by atoms with Crippen LogP contribution in [-0.4, -0.2) is 37.6 Å². The van der Waals surface area contributed by atoms with Crippen molar-refractivity contribution in [1.82, 2.24) is 10.2 Å². The highest BCUT2D eigenvalue weighted by Gasteiger charge is 2.24. The predicted octanol–water partition coefficient (Wildman–Crippen LogP) is 3.33. The first-order valence-corrected chi connectivity index (χ1v) is 9.05. The molecule has 0 aliphatic carbocycles. The molecule has 26 heavy (non-hydrogen) atoms. The number of amides is 1. The molecule has 2 aromatic rings. The molecule has 0 spiro atoms. The lowest BCUT2D eigenvalue weighted by Gasteiger charge is -2.28. The van der Waals surface area contributed by atoms with Crippen LogP contribution >= 0.6 is 0 Å². The largest absolute Gasteiger partial charge is 0.497 e. The van der Waals surface area contributed by atoms with Gasteiger partial charge in [0, 0.05) is 6.54 Å². The molecule has 5 heteroatoms. The van der Waals surface area contributed by atoms with Gasteiger partial charge < -0.3 is 10.1 Å². The fourth-order valence-corrected chi connectivity index (χ4v) is 3.45. The highest BCUT2D eigenvalue weighted by molar-refractivity contribution is 5.78. The lowest BCUT2D eigenvalue weighted by atomic mass is 10.0. The fourth-order valence-electron chi connectivity index (χ4n) is 3.45. The Morgan fingerprint density at radius 2 is 1.96 bits per heavy atom. The number of likely N-dealkylation sites (tertiary alicyclic amines) is 1. The van der Waals surface area contributed by atoms with Crippen LogP contribution in [0.1, 0.15) is 30.0 Å². The van der Waals surface area contributed by atoms with E-state index in [1.807, 2.05) is 18.2 Å². The van der Waals surface area contributed by atoms with Crippen molar-refractivity contribution in [3.63, 3.8) is 0 Å². The van der Waals surface area contributed by atoms with Gasteiger partial charge in [-0.2, -0.15) is 0 Å². The Hall–Kier alpha value is -2.40. The molecule has 4 nitrogen and oxygen atoms in total. The van der Waals surface area contributed by atoms with Crippen LogP contribution in [0.4, 0.5) is 4.39 Å². The second kappa shape index (κ2) is 8.81. The van der Waals surface area contributed by atoms with Gasteiger partial charge in [0.2, 0.25) is 5.91 Å². The molecule has 1 aliphatic heterocycles. The third kappa shape index (κ3) is 4.61. The summed E-state index contributed by atoms with van der Waals surface area (Å²) in [4.78, 5) is 14.7. The van der Waals surface area contributed by atoms with Crippen LogP contribution in [-0.2, 0) is 11.2 Å². The summed E-state index contributed by atoms with van der Waals surface area (Å²) < 4.78 is 19.1. The quantitative estimate of drug-likeness (QED) is 0.827. The number of hydrogen-bond acceptors (Lipinski definition) is 3. The summed E-state index contributed by atoms with van der Waals surface area (Å²) in [5.74, 6) is 0.304. The van der Waals surface area contributed by atoms with Crippen molar-refractivity contribution < 1.29 is 13.9 Å². The van der Waals surface area contributed by atoms with E-state index < -0.39 is 0 Å². The number of hydrogen-bond donors (Lipinski definition) is 1. The average Bonchev–Trinajstić information content (AvgIpc) is 3.18. The van der Waals surface area contributed by atoms with Gasteiger partial charge in [0.1, 0.15) is 11.6 Å². The van der Waals surface area contributed by atoms with E-state index in [0.29, 0.717) is 12.1 Å². The van der Waals surface area contributed by atoms with Crippen molar-refractivity contribution in [3.8, 4) is 5.75 Å². The molecule has 1 amide bonds. The standard InChI is InChI=1S/C21H25FN2O2/c1-26-18-9-6-8-17(13-18)20(24-11-4-5-12-24)15-23-21(25)14-16-7-2-3-10-19(16)22/h2-3,6-10,13,20H,4-5,11-12,14-15H2,1H3,(H,23,25). The van der Waals surface area contributed by atoms with Gasteiger partial charge in [-0.1, -0.05) is 30.3 Å². The zero-order valence-electron chi connectivity index (χ0n) is 15.1. The van der Waals surface area contributed by atoms with Crippen LogP contribution in [0.15, 0.2) is 48.5 Å². The molecule has 1 atom stereocenters. The summed E-state index contributed by atoms with van der Waals surface area (Å²) in [6.07, 6.45) is 2.39. The average molecular weight is 356 g/mol. The maximum atomic E-state index is 13.7. The van der Waals surface area contributed by atoms with Crippen LogP contribution in [0.25, 0.3) is 0 Å². The Morgan fingerprint density at radius 3 is 2.69 bits per heavy atom. The van der Waals surface area contributed by atoms with Crippen molar-refractivity contribution in [2.24, 2.45) is 0 Å². The van der Waals surface area contributed by atoms with Crippen molar-refractivity contribution in [1.29, 1.82) is 0 Å². The summed E-state index contributed by atoms with van der Waals surface area (Å²) in [6, 6.07) is 14.5. The van der Waals surface area contributed by atoms with Crippen LogP contribution in [0, 0.1) is 5.82 Å². The van der Waals surface area contributed by atoms with Gasteiger partial charge in [0.05, 0.1) is 19.6 Å². The van der Waals surface area contributed by atoms with E-state index in [0.717, 1.165) is 24.4 Å². The van der Waals surface area contributed by atoms with Crippen molar-refractivity contribution >= 4 is 5.91 Å². The summed E-state index contributed by atoms with van der Waals surface area (Å²) in [6.45, 7) is 2.54. The van der Waals surface area contributed by atoms with Crippen LogP contribution in [0.5, 0.6) is 5.75 Å². The van der Waals surface area contributed by atoms with E-state index in [4.69, 9.17) is 4.74 Å². The number of nitrogens with one attached hydrogen (secondary N) is 1. The predicted molar refractivity (Wildman–Crippen MR) is 99.7 cm³/mol. The van der Waals surface area contributed by atoms with Gasteiger partial charge in [0.15, 0.2) is 0 Å². The minimum absolute atomic E-state index is 0.0531. The highest BCUT2D eigenvalue weighted by Crippen LogP contribution is 2.27. The zero-order valence-corrected chi connectivity index (χ0v) is 15.1. The lowest BCUT2D eigenvalue weighted by Crippen LogP contribution is -2.37. The Kier molecular flexibility index (Phi) is 6.23. The molecule has 2 aromatic carbocycles. The number of rotatable bonds is 7. The van der Waals surface area contributed by atoms with Gasteiger partial charge in [-0.25, -0.2) is 4.39 Å². The maximum Gasteiger partial charge on any atom is 0.224 e. The molecule has 138 valence electrons. The van der Waals surface area contributed by atoms with Crippen LogP contribution in [0.3, 0.4) is 0 Å². The minimum Gasteiger partial charge on any atom is -0.497 e. The number of halogens is 1. The van der Waals surface area contributed by atoms with Gasteiger partial charge >= 0.3 is 0 Å². The fraction of sp³-hybridized carbons (Fsp3) is 0.381. The van der Waals surface area contributed by atoms with E-state index in [1.54, 1.807) is 25.3 Å². The van der Waals surface area contributed by atoms with Gasteiger partial charge in [-0.05, 0) is 55.3 Å². The van der Waals surface area contributed by atoms with E-state index >= 15 is 0 Å². The smallest absolute Gasteiger partial charge is 0.224 e. The van der Waals surface area contributed by atoms with Crippen molar-refractivity contribution in [2.75, 3.05) is 26.7 Å². The summed E-state index contributed by atoms with van der Waals surface area (Å²) in [7, 11) is 1.65. The number of nitrogens with zero attached hydrogens (tertiary/aromatic N) is 1. The highest BCUT2D eigenvalue weighted by atomic mass is 19.1. The monoisotopic (exact) mass is 356 g/mol. The SMILES string of the molecule is COc1cccc(C(CNC(=O)Cc2ccccc2F)N2CCCC2)c1. The minimum atomic E-state index is -0.341. The number of methoxy groups -OCH3 is 1. The molecule has 3 rings (SSSR count). The molecular weight excluding hydrogens is 331 g/mol. The molecular formula is C21H25FN2O2. The first kappa shape index (κ1) is 18.4. The zero-order chi connectivity index (χ0) is 18.4. The number of ether oxygens (including phenoxy) is 1. The number of carbonyl (C=O) groups excluding carboxylic acids is 1. The molecule has 1 N–H and O–H groups in total. The lowest BCUT2D eigenvalue weighted by molar-refractivity contribution is -0.120. The topological polar surface area (TPSA) is 41.6 Å². The molecule has 0 aromatic heterocycles. The molecule has 0 saturated carbocycles. The second-order valence-corrected chi connectivity index (χ2v) is 6.61. The molecule has 0 bridgehead atoms. The molecule has 1 fully saturated rings. The van der Waals surface area contributed by atoms with Crippen molar-refractivity contribution in [2.45, 2.75) is 25.3 Å². The first-order chi connectivity index (χ1) is 12.7. The van der Waals surface area contributed by atoms with Crippen LogP contribution in [0.2, 0.25) is 0 Å². The third-order valence-electron chi connectivity index (χ3n) is 4.86. The first-order valence-electron chi connectivity index (χ1n) is 9.05. The van der Waals surface area contributed by atoms with Crippen LogP contribution < -0.4 is 10.1 Å².